The standard InChI is InChI=1S/C16H21FN4O2/c1-10-8-11(18)4-6-20(10)15(22)13-9-12(2-3-14(13)17)21-7-5-19-16(21)23/h2-3,9-11H,4-8,18H2,1H3,(H,19,23). The van der Waals surface area contributed by atoms with Gasteiger partial charge >= 0.3 is 6.03 Å². The zero-order valence-electron chi connectivity index (χ0n) is 13.1. The maximum absolute atomic E-state index is 14.2. The topological polar surface area (TPSA) is 78.7 Å². The summed E-state index contributed by atoms with van der Waals surface area (Å²) >= 11 is 0. The number of hydrogen-bond donors (Lipinski definition) is 2. The number of carbonyl (C=O) groups excluding carboxylic acids is 2. The Morgan fingerprint density at radius 3 is 2.83 bits per heavy atom. The first kappa shape index (κ1) is 15.7. The summed E-state index contributed by atoms with van der Waals surface area (Å²) in [4.78, 5) is 27.6. The van der Waals surface area contributed by atoms with Gasteiger partial charge in [0.2, 0.25) is 0 Å². The Morgan fingerprint density at radius 2 is 2.17 bits per heavy atom. The second-order valence-electron chi connectivity index (χ2n) is 6.18. The van der Waals surface area contributed by atoms with Crippen LogP contribution in [0.2, 0.25) is 0 Å². The molecule has 0 spiro atoms. The summed E-state index contributed by atoms with van der Waals surface area (Å²) in [6.07, 6.45) is 1.42. The smallest absolute Gasteiger partial charge is 0.321 e. The molecular formula is C16H21FN4O2. The number of benzene rings is 1. The van der Waals surface area contributed by atoms with E-state index >= 15 is 0 Å². The average molecular weight is 320 g/mol. The number of likely N-dealkylation sites (tertiary alicyclic amines) is 1. The molecule has 2 atom stereocenters. The molecule has 0 bridgehead atoms. The fourth-order valence-electron chi connectivity index (χ4n) is 3.23. The van der Waals surface area contributed by atoms with E-state index in [4.69, 9.17) is 5.73 Å². The summed E-state index contributed by atoms with van der Waals surface area (Å²) in [5.41, 5.74) is 6.45. The van der Waals surface area contributed by atoms with E-state index in [0.29, 0.717) is 38.2 Å². The maximum Gasteiger partial charge on any atom is 0.321 e. The van der Waals surface area contributed by atoms with Crippen LogP contribution in [0.5, 0.6) is 0 Å². The normalized spacial score (nSPS) is 24.7. The fraction of sp³-hybridized carbons (Fsp3) is 0.500. The van der Waals surface area contributed by atoms with Crippen LogP contribution in [0, 0.1) is 5.82 Å². The number of urea groups is 1. The van der Waals surface area contributed by atoms with Gasteiger partial charge in [0.25, 0.3) is 5.91 Å². The number of halogens is 1. The van der Waals surface area contributed by atoms with E-state index in [0.717, 1.165) is 0 Å². The molecule has 2 aliphatic rings. The Kier molecular flexibility index (Phi) is 4.21. The Balaban J connectivity index is 1.86. The van der Waals surface area contributed by atoms with Gasteiger partial charge in [0.05, 0.1) is 5.56 Å². The molecule has 0 radical (unpaired) electrons. The lowest BCUT2D eigenvalue weighted by molar-refractivity contribution is 0.0614. The van der Waals surface area contributed by atoms with Gasteiger partial charge in [-0.3, -0.25) is 9.69 Å². The minimum atomic E-state index is -0.569. The quantitative estimate of drug-likeness (QED) is 0.862. The molecule has 2 fully saturated rings. The third-order valence-corrected chi connectivity index (χ3v) is 4.53. The highest BCUT2D eigenvalue weighted by Crippen LogP contribution is 2.24. The van der Waals surface area contributed by atoms with Gasteiger partial charge in [-0.25, -0.2) is 9.18 Å². The van der Waals surface area contributed by atoms with E-state index in [2.05, 4.69) is 5.32 Å². The molecule has 3 N–H and O–H groups in total. The number of nitrogens with zero attached hydrogens (tertiary/aromatic N) is 2. The Bertz CT molecular complexity index is 637. The summed E-state index contributed by atoms with van der Waals surface area (Å²) in [6, 6.07) is 4.06. The molecule has 2 aliphatic heterocycles. The zero-order chi connectivity index (χ0) is 16.6. The van der Waals surface area contributed by atoms with Gasteiger partial charge in [0.15, 0.2) is 0 Å². The third kappa shape index (κ3) is 3.01. The van der Waals surface area contributed by atoms with E-state index in [1.165, 1.54) is 23.1 Å². The lowest BCUT2D eigenvalue weighted by Crippen LogP contribution is -2.48. The lowest BCUT2D eigenvalue weighted by atomic mass is 9.98. The van der Waals surface area contributed by atoms with Crippen molar-refractivity contribution in [3.05, 3.63) is 29.6 Å². The van der Waals surface area contributed by atoms with Crippen molar-refractivity contribution in [3.63, 3.8) is 0 Å². The summed E-state index contributed by atoms with van der Waals surface area (Å²) in [7, 11) is 0. The average Bonchev–Trinajstić information content (AvgIpc) is 2.93. The Labute approximate surface area is 134 Å². The number of rotatable bonds is 2. The van der Waals surface area contributed by atoms with Crippen LogP contribution >= 0.6 is 0 Å². The SMILES string of the molecule is CC1CC(N)CCN1C(=O)c1cc(N2CCNC2=O)ccc1F. The Morgan fingerprint density at radius 1 is 1.39 bits per heavy atom. The third-order valence-electron chi connectivity index (χ3n) is 4.53. The number of carbonyl (C=O) groups is 2. The van der Waals surface area contributed by atoms with Crippen LogP contribution in [0.25, 0.3) is 0 Å². The first-order valence-electron chi connectivity index (χ1n) is 7.89. The number of amides is 3. The molecule has 0 saturated carbocycles. The predicted molar refractivity (Wildman–Crippen MR) is 84.9 cm³/mol. The first-order valence-corrected chi connectivity index (χ1v) is 7.89. The molecule has 0 aliphatic carbocycles. The monoisotopic (exact) mass is 320 g/mol. The molecule has 2 saturated heterocycles. The van der Waals surface area contributed by atoms with Crippen LogP contribution in [0.15, 0.2) is 18.2 Å². The molecule has 1 aromatic rings. The molecule has 6 nitrogen and oxygen atoms in total. The van der Waals surface area contributed by atoms with Gasteiger partial charge in [-0.05, 0) is 38.0 Å². The molecule has 0 aromatic heterocycles. The van der Waals surface area contributed by atoms with Gasteiger partial charge in [-0.1, -0.05) is 0 Å². The van der Waals surface area contributed by atoms with E-state index in [-0.39, 0.29) is 29.6 Å². The van der Waals surface area contributed by atoms with Crippen LogP contribution < -0.4 is 16.0 Å². The van der Waals surface area contributed by atoms with Gasteiger partial charge in [0, 0.05) is 37.4 Å². The number of nitrogens with one attached hydrogen (secondary N) is 1. The fourth-order valence-corrected chi connectivity index (χ4v) is 3.23. The highest BCUT2D eigenvalue weighted by molar-refractivity contribution is 5.98. The van der Waals surface area contributed by atoms with Crippen molar-refractivity contribution in [2.24, 2.45) is 5.73 Å². The van der Waals surface area contributed by atoms with Gasteiger partial charge in [-0.15, -0.1) is 0 Å². The van der Waals surface area contributed by atoms with Crippen LogP contribution in [-0.2, 0) is 0 Å². The van der Waals surface area contributed by atoms with Crippen molar-refractivity contribution in [2.45, 2.75) is 31.8 Å². The highest BCUT2D eigenvalue weighted by atomic mass is 19.1. The molecule has 3 rings (SSSR count). The summed E-state index contributed by atoms with van der Waals surface area (Å²) in [5.74, 6) is -0.913. The van der Waals surface area contributed by atoms with Gasteiger partial charge < -0.3 is 16.0 Å². The zero-order valence-corrected chi connectivity index (χ0v) is 13.1. The van der Waals surface area contributed by atoms with E-state index < -0.39 is 5.82 Å². The van der Waals surface area contributed by atoms with Crippen molar-refractivity contribution in [2.75, 3.05) is 24.5 Å². The molecule has 3 amide bonds. The van der Waals surface area contributed by atoms with Crippen LogP contribution in [0.3, 0.4) is 0 Å². The van der Waals surface area contributed by atoms with E-state index in [9.17, 15) is 14.0 Å². The minimum Gasteiger partial charge on any atom is -0.336 e. The highest BCUT2D eigenvalue weighted by Gasteiger charge is 2.30. The largest absolute Gasteiger partial charge is 0.336 e. The van der Waals surface area contributed by atoms with Crippen LogP contribution in [-0.4, -0.2) is 48.6 Å². The molecule has 23 heavy (non-hydrogen) atoms. The molecule has 1 aromatic carbocycles. The number of hydrogen-bond acceptors (Lipinski definition) is 3. The van der Waals surface area contributed by atoms with Crippen molar-refractivity contribution in [3.8, 4) is 0 Å². The van der Waals surface area contributed by atoms with E-state index in [1.807, 2.05) is 6.92 Å². The van der Waals surface area contributed by atoms with Crippen molar-refractivity contribution in [1.82, 2.24) is 10.2 Å². The second-order valence-corrected chi connectivity index (χ2v) is 6.18. The summed E-state index contributed by atoms with van der Waals surface area (Å²) in [5, 5.41) is 2.69. The molecule has 7 heteroatoms. The number of piperidine rings is 1. The van der Waals surface area contributed by atoms with Gasteiger partial charge in [0.1, 0.15) is 5.82 Å². The van der Waals surface area contributed by atoms with E-state index in [1.54, 1.807) is 4.90 Å². The molecular weight excluding hydrogens is 299 g/mol. The summed E-state index contributed by atoms with van der Waals surface area (Å²) in [6.45, 7) is 3.50. The maximum atomic E-state index is 14.2. The number of nitrogens with two attached hydrogens (primary N) is 1. The lowest BCUT2D eigenvalue weighted by Gasteiger charge is -2.36. The Hall–Kier alpha value is -2.15. The molecule has 124 valence electrons. The predicted octanol–water partition coefficient (Wildman–Crippen LogP) is 1.31. The molecule has 2 unspecified atom stereocenters. The van der Waals surface area contributed by atoms with Crippen molar-refractivity contribution < 1.29 is 14.0 Å². The summed E-state index contributed by atoms with van der Waals surface area (Å²) < 4.78 is 14.2. The van der Waals surface area contributed by atoms with Crippen molar-refractivity contribution >= 4 is 17.6 Å². The van der Waals surface area contributed by atoms with Gasteiger partial charge in [-0.2, -0.15) is 0 Å². The number of anilines is 1. The van der Waals surface area contributed by atoms with Crippen molar-refractivity contribution in [1.29, 1.82) is 0 Å². The first-order chi connectivity index (χ1) is 11.0. The van der Waals surface area contributed by atoms with Crippen LogP contribution in [0.4, 0.5) is 14.9 Å². The molecule has 2 heterocycles. The second kappa shape index (κ2) is 6.16. The minimum absolute atomic E-state index is 0.00419. The van der Waals surface area contributed by atoms with Crippen LogP contribution in [0.1, 0.15) is 30.1 Å².